The summed E-state index contributed by atoms with van der Waals surface area (Å²) in [5.41, 5.74) is 5.84. The lowest BCUT2D eigenvalue weighted by atomic mass is 10.3. The molecule has 0 aliphatic heterocycles. The molecule has 1 aliphatic rings. The van der Waals surface area contributed by atoms with Gasteiger partial charge >= 0.3 is 0 Å². The molecule has 1 aliphatic carbocycles. The van der Waals surface area contributed by atoms with E-state index in [9.17, 15) is 8.42 Å². The number of anilines is 1. The number of sulfonamides is 1. The third kappa shape index (κ3) is 2.61. The monoisotopic (exact) mass is 290 g/mol. The quantitative estimate of drug-likeness (QED) is 0.795. The molecular weight excluding hydrogens is 276 g/mol. The van der Waals surface area contributed by atoms with Gasteiger partial charge in [-0.05, 0) is 31.0 Å². The van der Waals surface area contributed by atoms with Gasteiger partial charge in [0, 0.05) is 17.6 Å². The van der Waals surface area contributed by atoms with Crippen LogP contribution < -0.4 is 5.73 Å². The molecule has 7 heteroatoms. The number of aliphatic hydroxyl groups is 1. The van der Waals surface area contributed by atoms with E-state index in [1.165, 1.54) is 22.5 Å². The molecule has 0 unspecified atom stereocenters. The average molecular weight is 291 g/mol. The predicted molar refractivity (Wildman–Crippen MR) is 69.9 cm³/mol. The van der Waals surface area contributed by atoms with Crippen LogP contribution in [-0.2, 0) is 10.0 Å². The van der Waals surface area contributed by atoms with Crippen LogP contribution in [0.5, 0.6) is 0 Å². The second kappa shape index (κ2) is 5.05. The minimum absolute atomic E-state index is 0.0165. The van der Waals surface area contributed by atoms with Crippen LogP contribution in [0.1, 0.15) is 12.8 Å². The molecule has 0 bridgehead atoms. The molecule has 2 rings (SSSR count). The Morgan fingerprint density at radius 3 is 2.61 bits per heavy atom. The van der Waals surface area contributed by atoms with Crippen LogP contribution in [0, 0.1) is 0 Å². The minimum Gasteiger partial charge on any atom is -0.398 e. The van der Waals surface area contributed by atoms with Gasteiger partial charge in [0.1, 0.15) is 4.90 Å². The first-order valence-corrected chi connectivity index (χ1v) is 7.46. The van der Waals surface area contributed by atoms with Crippen molar-refractivity contribution in [2.45, 2.75) is 23.8 Å². The van der Waals surface area contributed by atoms with Crippen LogP contribution in [0.25, 0.3) is 0 Å². The van der Waals surface area contributed by atoms with Crippen LogP contribution in [-0.4, -0.2) is 37.0 Å². The van der Waals surface area contributed by atoms with Crippen molar-refractivity contribution in [1.82, 2.24) is 4.31 Å². The van der Waals surface area contributed by atoms with E-state index in [0.29, 0.717) is 5.02 Å². The fourth-order valence-electron chi connectivity index (χ4n) is 1.84. The Labute approximate surface area is 111 Å². The van der Waals surface area contributed by atoms with Crippen LogP contribution >= 0.6 is 11.6 Å². The molecule has 0 radical (unpaired) electrons. The Balaban J connectivity index is 2.39. The first kappa shape index (κ1) is 13.6. The van der Waals surface area contributed by atoms with E-state index in [2.05, 4.69) is 0 Å². The molecule has 0 heterocycles. The number of rotatable bonds is 5. The number of aliphatic hydroxyl groups excluding tert-OH is 1. The lowest BCUT2D eigenvalue weighted by Gasteiger charge is -2.21. The fourth-order valence-corrected chi connectivity index (χ4v) is 3.80. The summed E-state index contributed by atoms with van der Waals surface area (Å²) in [5, 5.41) is 9.37. The Hall–Kier alpha value is -0.820. The first-order valence-electron chi connectivity index (χ1n) is 5.64. The highest BCUT2D eigenvalue weighted by atomic mass is 35.5. The lowest BCUT2D eigenvalue weighted by molar-refractivity contribution is 0.250. The largest absolute Gasteiger partial charge is 0.398 e. The highest BCUT2D eigenvalue weighted by molar-refractivity contribution is 7.89. The predicted octanol–water partition coefficient (Wildman–Crippen LogP) is 1.07. The van der Waals surface area contributed by atoms with Crippen molar-refractivity contribution in [3.05, 3.63) is 23.2 Å². The molecule has 0 spiro atoms. The van der Waals surface area contributed by atoms with Crippen LogP contribution in [0.3, 0.4) is 0 Å². The van der Waals surface area contributed by atoms with Gasteiger partial charge in [0.15, 0.2) is 0 Å². The Morgan fingerprint density at radius 2 is 2.11 bits per heavy atom. The lowest BCUT2D eigenvalue weighted by Crippen LogP contribution is -2.35. The van der Waals surface area contributed by atoms with Crippen LogP contribution in [0.4, 0.5) is 5.69 Å². The molecule has 18 heavy (non-hydrogen) atoms. The molecule has 1 aromatic rings. The molecule has 0 aromatic heterocycles. The van der Waals surface area contributed by atoms with Gasteiger partial charge in [-0.3, -0.25) is 0 Å². The number of benzene rings is 1. The van der Waals surface area contributed by atoms with Gasteiger partial charge in [-0.15, -0.1) is 0 Å². The molecule has 1 fully saturated rings. The first-order chi connectivity index (χ1) is 8.46. The summed E-state index contributed by atoms with van der Waals surface area (Å²) < 4.78 is 26.2. The summed E-state index contributed by atoms with van der Waals surface area (Å²) in [5.74, 6) is 0. The van der Waals surface area contributed by atoms with E-state index >= 15 is 0 Å². The summed E-state index contributed by atoms with van der Waals surface area (Å²) in [4.78, 5) is 0.0484. The molecule has 0 atom stereocenters. The zero-order chi connectivity index (χ0) is 13.3. The van der Waals surface area contributed by atoms with Crippen molar-refractivity contribution in [2.24, 2.45) is 0 Å². The maximum atomic E-state index is 12.4. The van der Waals surface area contributed by atoms with Crippen LogP contribution in [0.15, 0.2) is 23.1 Å². The molecule has 0 saturated heterocycles. The zero-order valence-corrected chi connectivity index (χ0v) is 11.3. The highest BCUT2D eigenvalue weighted by Gasteiger charge is 2.38. The summed E-state index contributed by atoms with van der Waals surface area (Å²) in [6.07, 6.45) is 1.65. The molecule has 0 amide bonds. The normalized spacial score (nSPS) is 16.2. The van der Waals surface area contributed by atoms with Crippen LogP contribution in [0.2, 0.25) is 5.02 Å². The molecule has 1 aromatic carbocycles. The van der Waals surface area contributed by atoms with E-state index in [-0.39, 0.29) is 29.8 Å². The summed E-state index contributed by atoms with van der Waals surface area (Å²) in [6, 6.07) is 4.30. The van der Waals surface area contributed by atoms with Crippen molar-refractivity contribution >= 4 is 27.3 Å². The standard InChI is InChI=1S/C11H15ClN2O3S/c12-8-1-4-11(10(13)7-8)18(16,17)14(5-6-15)9-2-3-9/h1,4,7,9,15H,2-3,5-6,13H2. The second-order valence-corrected chi connectivity index (χ2v) is 6.55. The SMILES string of the molecule is Nc1cc(Cl)ccc1S(=O)(=O)N(CCO)C1CC1. The van der Waals surface area contributed by atoms with Gasteiger partial charge in [0.25, 0.3) is 0 Å². The van der Waals surface area contributed by atoms with E-state index in [1.54, 1.807) is 0 Å². The van der Waals surface area contributed by atoms with Crippen molar-refractivity contribution in [1.29, 1.82) is 0 Å². The zero-order valence-electron chi connectivity index (χ0n) is 9.71. The molecular formula is C11H15ClN2O3S. The van der Waals surface area contributed by atoms with E-state index < -0.39 is 10.0 Å². The van der Waals surface area contributed by atoms with E-state index in [0.717, 1.165) is 12.8 Å². The molecule has 1 saturated carbocycles. The van der Waals surface area contributed by atoms with Gasteiger partial charge in [0.05, 0.1) is 12.3 Å². The third-order valence-electron chi connectivity index (χ3n) is 2.83. The van der Waals surface area contributed by atoms with Crippen molar-refractivity contribution in [2.75, 3.05) is 18.9 Å². The number of hydrogen-bond donors (Lipinski definition) is 2. The maximum Gasteiger partial charge on any atom is 0.245 e. The summed E-state index contributed by atoms with van der Waals surface area (Å²) in [7, 11) is -3.66. The molecule has 100 valence electrons. The third-order valence-corrected chi connectivity index (χ3v) is 5.09. The van der Waals surface area contributed by atoms with Crippen molar-refractivity contribution in [3.63, 3.8) is 0 Å². The average Bonchev–Trinajstić information content (AvgIpc) is 3.08. The Kier molecular flexibility index (Phi) is 3.82. The second-order valence-electron chi connectivity index (χ2n) is 4.25. The Morgan fingerprint density at radius 1 is 1.44 bits per heavy atom. The highest BCUT2D eigenvalue weighted by Crippen LogP contribution is 2.33. The topological polar surface area (TPSA) is 83.6 Å². The Bertz CT molecular complexity index is 543. The van der Waals surface area contributed by atoms with Gasteiger partial charge in [0.2, 0.25) is 10.0 Å². The smallest absolute Gasteiger partial charge is 0.245 e. The van der Waals surface area contributed by atoms with Crippen molar-refractivity contribution in [3.8, 4) is 0 Å². The fraction of sp³-hybridized carbons (Fsp3) is 0.455. The summed E-state index contributed by atoms with van der Waals surface area (Å²) in [6.45, 7) is -0.113. The number of nitrogens with two attached hydrogens (primary N) is 1. The molecule has 5 nitrogen and oxygen atoms in total. The van der Waals surface area contributed by atoms with Gasteiger partial charge in [-0.2, -0.15) is 4.31 Å². The maximum absolute atomic E-state index is 12.4. The van der Waals surface area contributed by atoms with Gasteiger partial charge in [-0.1, -0.05) is 11.6 Å². The molecule has 3 N–H and O–H groups in total. The number of nitrogens with zero attached hydrogens (tertiary/aromatic N) is 1. The van der Waals surface area contributed by atoms with Gasteiger partial charge in [-0.25, -0.2) is 8.42 Å². The van der Waals surface area contributed by atoms with E-state index in [1.807, 2.05) is 0 Å². The van der Waals surface area contributed by atoms with Gasteiger partial charge < -0.3 is 10.8 Å². The number of halogens is 1. The minimum atomic E-state index is -3.66. The number of nitrogen functional groups attached to an aromatic ring is 1. The van der Waals surface area contributed by atoms with E-state index in [4.69, 9.17) is 22.4 Å². The van der Waals surface area contributed by atoms with Crippen molar-refractivity contribution < 1.29 is 13.5 Å². The number of hydrogen-bond acceptors (Lipinski definition) is 4. The summed E-state index contributed by atoms with van der Waals surface area (Å²) >= 11 is 5.75.